The van der Waals surface area contributed by atoms with Gasteiger partial charge >= 0.3 is 6.36 Å². The van der Waals surface area contributed by atoms with E-state index in [0.717, 1.165) is 16.8 Å². The van der Waals surface area contributed by atoms with Crippen molar-refractivity contribution >= 4 is 5.69 Å². The van der Waals surface area contributed by atoms with Crippen LogP contribution in [0.15, 0.2) is 91.5 Å². The van der Waals surface area contributed by atoms with E-state index in [1.165, 1.54) is 40.8 Å². The molecule has 2 unspecified atom stereocenters. The summed E-state index contributed by atoms with van der Waals surface area (Å²) in [5.74, 6) is 0.179. The maximum atomic E-state index is 12.3. The number of aryl methyl sites for hydroxylation is 1. The first-order valence-electron chi connectivity index (χ1n) is 11.1. The first-order chi connectivity index (χ1) is 17.3. The average Bonchev–Trinajstić information content (AvgIpc) is 3.35. The Morgan fingerprint density at radius 2 is 1.69 bits per heavy atom. The van der Waals surface area contributed by atoms with Gasteiger partial charge < -0.3 is 14.8 Å². The predicted octanol–water partition coefficient (Wildman–Crippen LogP) is 5.71. The monoisotopic (exact) mass is 493 g/mol. The standard InChI is InChI=1S/C26H22F3N5O2/c1-17-2-4-18(5-3-17)23-14-15-35-25(32-23)31-20-8-6-19(7-9-20)24-30-16-34(33-24)21-10-12-22(13-11-21)36-26(27,28)29/h2-16,23,25,31-32H,1H3. The molecule has 0 bridgehead atoms. The molecule has 2 atom stereocenters. The fourth-order valence-corrected chi connectivity index (χ4v) is 3.70. The number of halogens is 3. The van der Waals surface area contributed by atoms with Gasteiger partial charge in [0.25, 0.3) is 0 Å². The number of aromatic nitrogens is 3. The number of anilines is 1. The van der Waals surface area contributed by atoms with Crippen LogP contribution < -0.4 is 15.4 Å². The molecule has 36 heavy (non-hydrogen) atoms. The Balaban J connectivity index is 1.22. The molecule has 0 spiro atoms. The Labute approximate surface area is 205 Å². The quantitative estimate of drug-likeness (QED) is 0.358. The van der Waals surface area contributed by atoms with E-state index >= 15 is 0 Å². The summed E-state index contributed by atoms with van der Waals surface area (Å²) in [7, 11) is 0. The summed E-state index contributed by atoms with van der Waals surface area (Å²) >= 11 is 0. The Morgan fingerprint density at radius 1 is 0.972 bits per heavy atom. The second-order valence-corrected chi connectivity index (χ2v) is 8.18. The third kappa shape index (κ3) is 5.66. The van der Waals surface area contributed by atoms with Crippen molar-refractivity contribution in [2.24, 2.45) is 0 Å². The summed E-state index contributed by atoms with van der Waals surface area (Å²) in [5.41, 5.74) is 4.53. The molecule has 10 heteroatoms. The number of ether oxygens (including phenoxy) is 2. The van der Waals surface area contributed by atoms with Gasteiger partial charge in [-0.2, -0.15) is 0 Å². The van der Waals surface area contributed by atoms with Gasteiger partial charge in [0.2, 0.25) is 6.35 Å². The maximum Gasteiger partial charge on any atom is 0.573 e. The number of hydrogen-bond donors (Lipinski definition) is 2. The fraction of sp³-hybridized carbons (Fsp3) is 0.154. The minimum Gasteiger partial charge on any atom is -0.465 e. The Hall–Kier alpha value is -4.31. The molecule has 184 valence electrons. The number of rotatable bonds is 6. The van der Waals surface area contributed by atoms with E-state index in [-0.39, 0.29) is 11.8 Å². The first-order valence-corrected chi connectivity index (χ1v) is 11.1. The number of benzene rings is 3. The van der Waals surface area contributed by atoms with Crippen LogP contribution in [0.4, 0.5) is 18.9 Å². The summed E-state index contributed by atoms with van der Waals surface area (Å²) < 4.78 is 48.1. The van der Waals surface area contributed by atoms with Gasteiger partial charge in [0.15, 0.2) is 5.82 Å². The van der Waals surface area contributed by atoms with Crippen molar-refractivity contribution in [3.8, 4) is 22.8 Å². The van der Waals surface area contributed by atoms with Crippen molar-refractivity contribution in [3.63, 3.8) is 0 Å². The van der Waals surface area contributed by atoms with Crippen LogP contribution in [0.25, 0.3) is 17.1 Å². The zero-order valence-corrected chi connectivity index (χ0v) is 19.1. The van der Waals surface area contributed by atoms with Crippen LogP contribution in [0.2, 0.25) is 0 Å². The molecule has 7 nitrogen and oxygen atoms in total. The summed E-state index contributed by atoms with van der Waals surface area (Å²) in [6.07, 6.45) is 0.00449. The molecule has 0 saturated heterocycles. The van der Waals surface area contributed by atoms with Gasteiger partial charge in [0.1, 0.15) is 12.1 Å². The van der Waals surface area contributed by atoms with Gasteiger partial charge in [-0.15, -0.1) is 18.3 Å². The molecule has 3 aromatic carbocycles. The van der Waals surface area contributed by atoms with Gasteiger partial charge in [0.05, 0.1) is 18.0 Å². The largest absolute Gasteiger partial charge is 0.573 e. The van der Waals surface area contributed by atoms with Crippen LogP contribution >= 0.6 is 0 Å². The topological polar surface area (TPSA) is 73.2 Å². The molecular weight excluding hydrogens is 471 g/mol. The summed E-state index contributed by atoms with van der Waals surface area (Å²) in [6.45, 7) is 2.05. The third-order valence-corrected chi connectivity index (χ3v) is 5.52. The minimum atomic E-state index is -4.73. The molecule has 1 aliphatic rings. The Bertz CT molecular complexity index is 1330. The minimum absolute atomic E-state index is 0.0263. The van der Waals surface area contributed by atoms with Crippen LogP contribution in [-0.2, 0) is 4.74 Å². The highest BCUT2D eigenvalue weighted by Gasteiger charge is 2.31. The zero-order valence-electron chi connectivity index (χ0n) is 19.1. The van der Waals surface area contributed by atoms with Gasteiger partial charge in [-0.3, -0.25) is 5.32 Å². The summed E-state index contributed by atoms with van der Waals surface area (Å²) in [5, 5.41) is 11.1. The SMILES string of the molecule is Cc1ccc(C2C=COC(Nc3ccc(-c4ncn(-c5ccc(OC(F)(F)F)cc5)n4)cc3)N2)cc1. The van der Waals surface area contributed by atoms with E-state index in [2.05, 4.69) is 56.6 Å². The van der Waals surface area contributed by atoms with Crippen LogP contribution in [0, 0.1) is 6.92 Å². The molecule has 0 amide bonds. The highest BCUT2D eigenvalue weighted by Crippen LogP contribution is 2.25. The van der Waals surface area contributed by atoms with Crippen molar-refractivity contribution < 1.29 is 22.6 Å². The second kappa shape index (κ2) is 9.74. The van der Waals surface area contributed by atoms with Crippen molar-refractivity contribution in [2.75, 3.05) is 5.32 Å². The normalized spacial score (nSPS) is 17.4. The second-order valence-electron chi connectivity index (χ2n) is 8.18. The first kappa shape index (κ1) is 23.4. The molecular formula is C26H22F3N5O2. The van der Waals surface area contributed by atoms with Crippen LogP contribution in [0.5, 0.6) is 5.75 Å². The average molecular weight is 493 g/mol. The fourth-order valence-electron chi connectivity index (χ4n) is 3.70. The predicted molar refractivity (Wildman–Crippen MR) is 128 cm³/mol. The molecule has 4 aromatic rings. The maximum absolute atomic E-state index is 12.3. The molecule has 0 radical (unpaired) electrons. The van der Waals surface area contributed by atoms with E-state index in [9.17, 15) is 13.2 Å². The third-order valence-electron chi connectivity index (χ3n) is 5.52. The molecule has 0 fully saturated rings. The number of nitrogens with one attached hydrogen (secondary N) is 2. The van der Waals surface area contributed by atoms with Gasteiger partial charge in [0, 0.05) is 11.3 Å². The number of nitrogens with zero attached hydrogens (tertiary/aromatic N) is 3. The molecule has 5 rings (SSSR count). The molecule has 2 N–H and O–H groups in total. The summed E-state index contributed by atoms with van der Waals surface area (Å²) in [4.78, 5) is 4.31. The molecule has 0 saturated carbocycles. The van der Waals surface area contributed by atoms with Crippen LogP contribution in [0.1, 0.15) is 17.2 Å². The van der Waals surface area contributed by atoms with Gasteiger partial charge in [-0.25, -0.2) is 9.67 Å². The van der Waals surface area contributed by atoms with Crippen molar-refractivity contribution in [2.45, 2.75) is 25.7 Å². The van der Waals surface area contributed by atoms with E-state index in [4.69, 9.17) is 4.74 Å². The molecule has 1 aromatic heterocycles. The molecule has 1 aliphatic heterocycles. The van der Waals surface area contributed by atoms with Crippen molar-refractivity contribution in [3.05, 3.63) is 103 Å². The lowest BCUT2D eigenvalue weighted by Crippen LogP contribution is -2.41. The van der Waals surface area contributed by atoms with E-state index in [0.29, 0.717) is 11.5 Å². The van der Waals surface area contributed by atoms with Crippen molar-refractivity contribution in [1.29, 1.82) is 0 Å². The lowest BCUT2D eigenvalue weighted by Gasteiger charge is -2.28. The number of alkyl halides is 3. The summed E-state index contributed by atoms with van der Waals surface area (Å²) in [6, 6.07) is 21.3. The Kier molecular flexibility index (Phi) is 6.34. The Morgan fingerprint density at radius 3 is 2.39 bits per heavy atom. The van der Waals surface area contributed by atoms with E-state index < -0.39 is 12.7 Å². The lowest BCUT2D eigenvalue weighted by molar-refractivity contribution is -0.274. The van der Waals surface area contributed by atoms with Crippen LogP contribution in [0.3, 0.4) is 0 Å². The smallest absolute Gasteiger partial charge is 0.465 e. The molecule has 2 heterocycles. The van der Waals surface area contributed by atoms with E-state index in [1.807, 2.05) is 30.3 Å². The van der Waals surface area contributed by atoms with Crippen molar-refractivity contribution in [1.82, 2.24) is 20.1 Å². The molecule has 0 aliphatic carbocycles. The van der Waals surface area contributed by atoms with Crippen LogP contribution in [-0.4, -0.2) is 27.5 Å². The van der Waals surface area contributed by atoms with Gasteiger partial charge in [-0.05, 0) is 67.1 Å². The van der Waals surface area contributed by atoms with E-state index in [1.54, 1.807) is 6.26 Å². The zero-order chi connectivity index (χ0) is 25.1. The highest BCUT2D eigenvalue weighted by atomic mass is 19.4. The van der Waals surface area contributed by atoms with Gasteiger partial charge in [-0.1, -0.05) is 29.8 Å². The number of hydrogen-bond acceptors (Lipinski definition) is 6. The lowest BCUT2D eigenvalue weighted by atomic mass is 10.0. The highest BCUT2D eigenvalue weighted by molar-refractivity contribution is 5.59.